The van der Waals surface area contributed by atoms with Crippen LogP contribution in [-0.2, 0) is 4.79 Å². The number of carboxylic acids is 1. The molecule has 1 rings (SSSR count). The molecule has 116 valence electrons. The highest BCUT2D eigenvalue weighted by atomic mass is 35.5. The summed E-state index contributed by atoms with van der Waals surface area (Å²) in [5.74, 6) is -1.69. The third kappa shape index (κ3) is 6.12. The SMILES string of the molecule is CC(C)(CCNC(=O)c1ccc(F)cc1Cl)CCC(=O)O. The van der Waals surface area contributed by atoms with Crippen LogP contribution in [0.4, 0.5) is 4.39 Å². The van der Waals surface area contributed by atoms with Gasteiger partial charge < -0.3 is 10.4 Å². The highest BCUT2D eigenvalue weighted by Crippen LogP contribution is 2.26. The number of hydrogen-bond donors (Lipinski definition) is 2. The summed E-state index contributed by atoms with van der Waals surface area (Å²) in [5.41, 5.74) is 0.0412. The first-order valence-electron chi connectivity index (χ1n) is 6.66. The van der Waals surface area contributed by atoms with Crippen molar-refractivity contribution >= 4 is 23.5 Å². The summed E-state index contributed by atoms with van der Waals surface area (Å²) in [6.45, 7) is 4.30. The summed E-state index contributed by atoms with van der Waals surface area (Å²) in [4.78, 5) is 22.5. The molecule has 2 N–H and O–H groups in total. The number of halogens is 2. The second-order valence-electron chi connectivity index (χ2n) is 5.69. The zero-order chi connectivity index (χ0) is 16.0. The second kappa shape index (κ2) is 7.41. The molecule has 0 aliphatic carbocycles. The van der Waals surface area contributed by atoms with Crippen molar-refractivity contribution in [3.05, 3.63) is 34.6 Å². The zero-order valence-corrected chi connectivity index (χ0v) is 12.8. The molecule has 21 heavy (non-hydrogen) atoms. The Morgan fingerprint density at radius 1 is 1.33 bits per heavy atom. The first-order chi connectivity index (χ1) is 9.71. The fraction of sp³-hybridized carbons (Fsp3) is 0.467. The Morgan fingerprint density at radius 3 is 2.57 bits per heavy atom. The standard InChI is InChI=1S/C15H19ClFNO3/c1-15(2,6-5-13(19)20)7-8-18-14(21)11-4-3-10(17)9-12(11)16/h3-4,9H,5-8H2,1-2H3,(H,18,21)(H,19,20). The normalized spacial score (nSPS) is 11.2. The number of carboxylic acid groups (broad SMARTS) is 1. The van der Waals surface area contributed by atoms with E-state index < -0.39 is 11.8 Å². The Balaban J connectivity index is 2.48. The van der Waals surface area contributed by atoms with Gasteiger partial charge in [0.25, 0.3) is 5.91 Å². The zero-order valence-electron chi connectivity index (χ0n) is 12.1. The average molecular weight is 316 g/mol. The van der Waals surface area contributed by atoms with Crippen molar-refractivity contribution in [2.24, 2.45) is 5.41 Å². The molecule has 0 fully saturated rings. The molecule has 1 amide bonds. The van der Waals surface area contributed by atoms with Gasteiger partial charge in [0.1, 0.15) is 5.82 Å². The number of amides is 1. The molecular weight excluding hydrogens is 297 g/mol. The van der Waals surface area contributed by atoms with Crippen LogP contribution in [0.5, 0.6) is 0 Å². The molecule has 0 spiro atoms. The molecule has 0 aliphatic rings. The van der Waals surface area contributed by atoms with Crippen LogP contribution < -0.4 is 5.32 Å². The van der Waals surface area contributed by atoms with Gasteiger partial charge >= 0.3 is 5.97 Å². The molecule has 0 saturated carbocycles. The number of hydrogen-bond acceptors (Lipinski definition) is 2. The summed E-state index contributed by atoms with van der Waals surface area (Å²) in [7, 11) is 0. The van der Waals surface area contributed by atoms with E-state index in [1.54, 1.807) is 0 Å². The lowest BCUT2D eigenvalue weighted by molar-refractivity contribution is -0.137. The molecule has 0 radical (unpaired) electrons. The second-order valence-corrected chi connectivity index (χ2v) is 6.10. The van der Waals surface area contributed by atoms with Crippen LogP contribution in [0, 0.1) is 11.2 Å². The largest absolute Gasteiger partial charge is 0.481 e. The van der Waals surface area contributed by atoms with E-state index in [2.05, 4.69) is 5.32 Å². The van der Waals surface area contributed by atoms with Crippen molar-refractivity contribution in [1.29, 1.82) is 0 Å². The van der Waals surface area contributed by atoms with E-state index in [4.69, 9.17) is 16.7 Å². The minimum absolute atomic E-state index is 0.0673. The van der Waals surface area contributed by atoms with Crippen molar-refractivity contribution in [1.82, 2.24) is 5.32 Å². The topological polar surface area (TPSA) is 66.4 Å². The Morgan fingerprint density at radius 2 is 2.00 bits per heavy atom. The van der Waals surface area contributed by atoms with E-state index in [1.807, 2.05) is 13.8 Å². The molecule has 4 nitrogen and oxygen atoms in total. The van der Waals surface area contributed by atoms with Crippen molar-refractivity contribution in [3.8, 4) is 0 Å². The third-order valence-electron chi connectivity index (χ3n) is 3.28. The van der Waals surface area contributed by atoms with Gasteiger partial charge in [-0.25, -0.2) is 4.39 Å². The van der Waals surface area contributed by atoms with Crippen LogP contribution in [0.3, 0.4) is 0 Å². The van der Waals surface area contributed by atoms with Gasteiger partial charge in [-0.3, -0.25) is 9.59 Å². The molecule has 0 heterocycles. The van der Waals surface area contributed by atoms with Gasteiger partial charge in [0.15, 0.2) is 0 Å². The van der Waals surface area contributed by atoms with Crippen LogP contribution in [0.2, 0.25) is 5.02 Å². The molecule has 0 unspecified atom stereocenters. The Kier molecular flexibility index (Phi) is 6.15. The monoisotopic (exact) mass is 315 g/mol. The summed E-state index contributed by atoms with van der Waals surface area (Å²) in [6, 6.07) is 3.60. The molecule has 6 heteroatoms. The quantitative estimate of drug-likeness (QED) is 0.809. The van der Waals surface area contributed by atoms with Gasteiger partial charge in [-0.15, -0.1) is 0 Å². The van der Waals surface area contributed by atoms with E-state index >= 15 is 0 Å². The van der Waals surface area contributed by atoms with Crippen molar-refractivity contribution in [3.63, 3.8) is 0 Å². The fourth-order valence-corrected chi connectivity index (χ4v) is 2.11. The molecule has 0 bridgehead atoms. The number of carbonyl (C=O) groups is 2. The first-order valence-corrected chi connectivity index (χ1v) is 7.04. The van der Waals surface area contributed by atoms with E-state index in [9.17, 15) is 14.0 Å². The van der Waals surface area contributed by atoms with Crippen molar-refractivity contribution < 1.29 is 19.1 Å². The van der Waals surface area contributed by atoms with E-state index in [-0.39, 0.29) is 28.3 Å². The van der Waals surface area contributed by atoms with Crippen LogP contribution in [0.15, 0.2) is 18.2 Å². The van der Waals surface area contributed by atoms with Crippen LogP contribution in [0.1, 0.15) is 43.5 Å². The molecule has 0 aliphatic heterocycles. The summed E-state index contributed by atoms with van der Waals surface area (Å²) >= 11 is 5.81. The first kappa shape index (κ1) is 17.4. The smallest absolute Gasteiger partial charge is 0.303 e. The lowest BCUT2D eigenvalue weighted by atomic mass is 9.84. The van der Waals surface area contributed by atoms with Gasteiger partial charge in [0.05, 0.1) is 10.6 Å². The summed E-state index contributed by atoms with van der Waals surface area (Å²) in [6.07, 6.45) is 1.28. The maximum absolute atomic E-state index is 12.9. The highest BCUT2D eigenvalue weighted by Gasteiger charge is 2.19. The number of aliphatic carboxylic acids is 1. The minimum Gasteiger partial charge on any atom is -0.481 e. The lowest BCUT2D eigenvalue weighted by Crippen LogP contribution is -2.28. The molecule has 0 aromatic heterocycles. The summed E-state index contributed by atoms with van der Waals surface area (Å²) in [5, 5.41) is 11.5. The molecule has 1 aromatic carbocycles. The number of nitrogens with one attached hydrogen (secondary N) is 1. The minimum atomic E-state index is -0.829. The molecule has 0 saturated heterocycles. The molecule has 0 atom stereocenters. The number of benzene rings is 1. The summed E-state index contributed by atoms with van der Waals surface area (Å²) < 4.78 is 12.9. The maximum Gasteiger partial charge on any atom is 0.303 e. The fourth-order valence-electron chi connectivity index (χ4n) is 1.85. The lowest BCUT2D eigenvalue weighted by Gasteiger charge is -2.23. The van der Waals surface area contributed by atoms with E-state index in [0.29, 0.717) is 19.4 Å². The van der Waals surface area contributed by atoms with Crippen LogP contribution >= 0.6 is 11.6 Å². The van der Waals surface area contributed by atoms with Gasteiger partial charge in [-0.05, 0) is 36.5 Å². The van der Waals surface area contributed by atoms with Gasteiger partial charge in [0.2, 0.25) is 0 Å². The number of rotatable bonds is 7. The Hall–Kier alpha value is -1.62. The third-order valence-corrected chi connectivity index (χ3v) is 3.59. The predicted molar refractivity (Wildman–Crippen MR) is 79.0 cm³/mol. The van der Waals surface area contributed by atoms with Crippen LogP contribution in [0.25, 0.3) is 0 Å². The van der Waals surface area contributed by atoms with Gasteiger partial charge in [-0.1, -0.05) is 25.4 Å². The van der Waals surface area contributed by atoms with E-state index in [0.717, 1.165) is 6.07 Å². The van der Waals surface area contributed by atoms with Gasteiger partial charge in [0, 0.05) is 13.0 Å². The number of carbonyl (C=O) groups excluding carboxylic acids is 1. The Labute approximate surface area is 128 Å². The average Bonchev–Trinajstić information content (AvgIpc) is 2.36. The van der Waals surface area contributed by atoms with Crippen molar-refractivity contribution in [2.45, 2.75) is 33.1 Å². The van der Waals surface area contributed by atoms with Gasteiger partial charge in [-0.2, -0.15) is 0 Å². The predicted octanol–water partition coefficient (Wildman–Crippen LogP) is 3.49. The molecule has 1 aromatic rings. The highest BCUT2D eigenvalue weighted by molar-refractivity contribution is 6.33. The maximum atomic E-state index is 12.9. The molecular formula is C15H19ClFNO3. The van der Waals surface area contributed by atoms with Crippen LogP contribution in [-0.4, -0.2) is 23.5 Å². The Bertz CT molecular complexity index is 532. The van der Waals surface area contributed by atoms with E-state index in [1.165, 1.54) is 12.1 Å². The van der Waals surface area contributed by atoms with Crippen molar-refractivity contribution in [2.75, 3.05) is 6.54 Å².